The SMILES string of the molecule is NC(=O)c1cccc2c1c1[c]cc(-c3ccc(Cl)cc3)cc1n2Cc1ccccc1Cc1ccccc1. The van der Waals surface area contributed by atoms with Gasteiger partial charge in [0, 0.05) is 27.9 Å². The van der Waals surface area contributed by atoms with Crippen LogP contribution in [0.2, 0.25) is 5.02 Å². The van der Waals surface area contributed by atoms with Gasteiger partial charge in [0.25, 0.3) is 0 Å². The van der Waals surface area contributed by atoms with Gasteiger partial charge in [-0.2, -0.15) is 0 Å². The van der Waals surface area contributed by atoms with E-state index in [4.69, 9.17) is 17.3 Å². The molecule has 0 aliphatic heterocycles. The van der Waals surface area contributed by atoms with Crippen LogP contribution in [0.3, 0.4) is 0 Å². The molecule has 179 valence electrons. The molecule has 2 N–H and O–H groups in total. The number of benzene rings is 5. The van der Waals surface area contributed by atoms with E-state index in [9.17, 15) is 4.79 Å². The third-order valence-electron chi connectivity index (χ3n) is 6.92. The maximum absolute atomic E-state index is 12.4. The van der Waals surface area contributed by atoms with Crippen LogP contribution in [-0.4, -0.2) is 10.5 Å². The van der Waals surface area contributed by atoms with Crippen molar-refractivity contribution in [3.05, 3.63) is 143 Å². The molecular formula is C33H24ClN2O. The van der Waals surface area contributed by atoms with Gasteiger partial charge in [0.15, 0.2) is 0 Å². The predicted molar refractivity (Wildman–Crippen MR) is 152 cm³/mol. The topological polar surface area (TPSA) is 48.0 Å². The first-order valence-electron chi connectivity index (χ1n) is 12.2. The molecule has 1 amide bonds. The highest BCUT2D eigenvalue weighted by atomic mass is 35.5. The summed E-state index contributed by atoms with van der Waals surface area (Å²) < 4.78 is 2.27. The quantitative estimate of drug-likeness (QED) is 0.251. The summed E-state index contributed by atoms with van der Waals surface area (Å²) in [6.45, 7) is 0.656. The van der Waals surface area contributed by atoms with E-state index in [-0.39, 0.29) is 0 Å². The molecule has 0 saturated carbocycles. The predicted octanol–water partition coefficient (Wildman–Crippen LogP) is 7.65. The maximum Gasteiger partial charge on any atom is 0.249 e. The zero-order chi connectivity index (χ0) is 25.4. The average molecular weight is 500 g/mol. The molecule has 6 rings (SSSR count). The van der Waals surface area contributed by atoms with Gasteiger partial charge in [-0.25, -0.2) is 0 Å². The van der Waals surface area contributed by atoms with Gasteiger partial charge in [-0.3, -0.25) is 4.79 Å². The minimum atomic E-state index is -0.440. The number of hydrogen-bond acceptors (Lipinski definition) is 1. The average Bonchev–Trinajstić information content (AvgIpc) is 3.23. The van der Waals surface area contributed by atoms with Crippen LogP contribution >= 0.6 is 11.6 Å². The van der Waals surface area contributed by atoms with Gasteiger partial charge in [0.2, 0.25) is 5.91 Å². The Labute approximate surface area is 220 Å². The molecule has 6 aromatic rings. The summed E-state index contributed by atoms with van der Waals surface area (Å²) in [4.78, 5) is 12.4. The second-order valence-corrected chi connectivity index (χ2v) is 9.67. The van der Waals surface area contributed by atoms with Crippen LogP contribution in [0.4, 0.5) is 0 Å². The molecule has 3 nitrogen and oxygen atoms in total. The Bertz CT molecular complexity index is 1750. The smallest absolute Gasteiger partial charge is 0.249 e. The molecule has 0 aliphatic carbocycles. The van der Waals surface area contributed by atoms with E-state index in [1.54, 1.807) is 6.07 Å². The van der Waals surface area contributed by atoms with Crippen molar-refractivity contribution in [3.8, 4) is 11.1 Å². The molecule has 1 heterocycles. The first kappa shape index (κ1) is 23.1. The minimum absolute atomic E-state index is 0.440. The van der Waals surface area contributed by atoms with Gasteiger partial charge >= 0.3 is 0 Å². The fourth-order valence-electron chi connectivity index (χ4n) is 5.11. The van der Waals surface area contributed by atoms with Crippen molar-refractivity contribution in [2.75, 3.05) is 0 Å². The minimum Gasteiger partial charge on any atom is -0.366 e. The number of fused-ring (bicyclic) bond motifs is 3. The number of carbonyl (C=O) groups is 1. The number of aromatic nitrogens is 1. The summed E-state index contributed by atoms with van der Waals surface area (Å²) in [6.07, 6.45) is 0.850. The Balaban J connectivity index is 1.55. The van der Waals surface area contributed by atoms with E-state index < -0.39 is 5.91 Å². The molecule has 1 radical (unpaired) electrons. The highest BCUT2D eigenvalue weighted by Crippen LogP contribution is 2.35. The van der Waals surface area contributed by atoms with Crippen molar-refractivity contribution < 1.29 is 4.79 Å². The Hall–Kier alpha value is -4.34. The first-order chi connectivity index (χ1) is 18.1. The van der Waals surface area contributed by atoms with Gasteiger partial charge in [0.1, 0.15) is 0 Å². The zero-order valence-corrected chi connectivity index (χ0v) is 20.9. The van der Waals surface area contributed by atoms with E-state index >= 15 is 0 Å². The molecule has 0 atom stereocenters. The van der Waals surface area contributed by atoms with Crippen LogP contribution in [0.25, 0.3) is 32.9 Å². The summed E-state index contributed by atoms with van der Waals surface area (Å²) in [7, 11) is 0. The standard InChI is InChI=1S/C33H24ClN2O/c34-27-16-13-23(14-17-27)25-15-18-28-31(20-25)36(30-12-6-11-29(32(28)30)33(35)37)21-26-10-5-4-9-24(26)19-22-7-2-1-3-8-22/h1-17,20H,19,21H2,(H2,35,37). The van der Waals surface area contributed by atoms with Gasteiger partial charge in [-0.05, 0) is 76.7 Å². The van der Waals surface area contributed by atoms with Gasteiger partial charge in [-0.15, -0.1) is 0 Å². The maximum atomic E-state index is 12.4. The lowest BCUT2D eigenvalue weighted by Crippen LogP contribution is -2.11. The van der Waals surface area contributed by atoms with E-state index in [1.165, 1.54) is 16.7 Å². The summed E-state index contributed by atoms with van der Waals surface area (Å²) in [5.41, 5.74) is 14.1. The molecule has 0 bridgehead atoms. The number of carbonyl (C=O) groups excluding carboxylic acids is 1. The fourth-order valence-corrected chi connectivity index (χ4v) is 5.24. The van der Waals surface area contributed by atoms with Crippen LogP contribution in [0.1, 0.15) is 27.0 Å². The van der Waals surface area contributed by atoms with Crippen LogP contribution in [0, 0.1) is 6.07 Å². The molecule has 4 heteroatoms. The molecule has 0 saturated heterocycles. The molecule has 37 heavy (non-hydrogen) atoms. The van der Waals surface area contributed by atoms with Crippen LogP contribution in [0.15, 0.2) is 109 Å². The number of halogens is 1. The van der Waals surface area contributed by atoms with Crippen molar-refractivity contribution in [2.45, 2.75) is 13.0 Å². The summed E-state index contributed by atoms with van der Waals surface area (Å²) in [5.74, 6) is -0.440. The number of amides is 1. The second-order valence-electron chi connectivity index (χ2n) is 9.24. The van der Waals surface area contributed by atoms with Crippen molar-refractivity contribution in [1.29, 1.82) is 0 Å². The normalized spacial score (nSPS) is 11.3. The van der Waals surface area contributed by atoms with E-state index in [1.807, 2.05) is 42.5 Å². The lowest BCUT2D eigenvalue weighted by molar-refractivity contribution is 0.100. The first-order valence-corrected chi connectivity index (χ1v) is 12.6. The summed E-state index contributed by atoms with van der Waals surface area (Å²) >= 11 is 6.13. The zero-order valence-electron chi connectivity index (χ0n) is 20.1. The highest BCUT2D eigenvalue weighted by molar-refractivity contribution is 6.30. The molecule has 5 aromatic carbocycles. The van der Waals surface area contributed by atoms with Crippen molar-refractivity contribution in [2.24, 2.45) is 5.73 Å². The third kappa shape index (κ3) is 4.39. The Kier molecular flexibility index (Phi) is 5.99. The molecular weight excluding hydrogens is 476 g/mol. The van der Waals surface area contributed by atoms with Crippen molar-refractivity contribution in [1.82, 2.24) is 4.57 Å². The summed E-state index contributed by atoms with van der Waals surface area (Å²) in [5, 5.41) is 2.43. The number of primary amides is 1. The molecule has 0 unspecified atom stereocenters. The number of hydrogen-bond donors (Lipinski definition) is 1. The van der Waals surface area contributed by atoms with Crippen molar-refractivity contribution in [3.63, 3.8) is 0 Å². The van der Waals surface area contributed by atoms with Crippen LogP contribution < -0.4 is 5.73 Å². The monoisotopic (exact) mass is 499 g/mol. The Morgan fingerprint density at radius 1 is 0.784 bits per heavy atom. The second kappa shape index (κ2) is 9.61. The fraction of sp³-hybridized carbons (Fsp3) is 0.0606. The molecule has 0 fully saturated rings. The number of nitrogens with two attached hydrogens (primary N) is 1. The van der Waals surface area contributed by atoms with Crippen LogP contribution in [0.5, 0.6) is 0 Å². The van der Waals surface area contributed by atoms with E-state index in [0.717, 1.165) is 39.4 Å². The molecule has 1 aromatic heterocycles. The van der Waals surface area contributed by atoms with E-state index in [2.05, 4.69) is 71.3 Å². The Morgan fingerprint density at radius 3 is 2.27 bits per heavy atom. The van der Waals surface area contributed by atoms with Crippen molar-refractivity contribution >= 4 is 39.3 Å². The summed E-state index contributed by atoms with van der Waals surface area (Å²) in [6, 6.07) is 40.2. The number of nitrogens with zero attached hydrogens (tertiary/aromatic N) is 1. The number of rotatable bonds is 6. The lowest BCUT2D eigenvalue weighted by Gasteiger charge is -2.13. The van der Waals surface area contributed by atoms with Gasteiger partial charge in [0.05, 0.1) is 11.0 Å². The van der Waals surface area contributed by atoms with Gasteiger partial charge < -0.3 is 10.3 Å². The molecule has 0 aliphatic rings. The molecule has 0 spiro atoms. The van der Waals surface area contributed by atoms with E-state index in [0.29, 0.717) is 17.1 Å². The van der Waals surface area contributed by atoms with Crippen LogP contribution in [-0.2, 0) is 13.0 Å². The highest BCUT2D eigenvalue weighted by Gasteiger charge is 2.18. The Morgan fingerprint density at radius 2 is 1.51 bits per heavy atom. The largest absolute Gasteiger partial charge is 0.366 e. The van der Waals surface area contributed by atoms with Gasteiger partial charge in [-0.1, -0.05) is 84.4 Å². The third-order valence-corrected chi connectivity index (χ3v) is 7.17. The lowest BCUT2D eigenvalue weighted by atomic mass is 9.99.